The van der Waals surface area contributed by atoms with Crippen molar-refractivity contribution in [2.75, 3.05) is 0 Å². The molecular formula is C52H32N4O. The SMILES string of the molecule is c1ccc(-c2cc(-c3ccccc3)nc(-c3cccc4oc5cc(-n6c7ccccc7c7cc8c9ccccc9n(-c9ccccc9)c8cc76)ccc5c34)n2)cc1. The first-order valence-corrected chi connectivity index (χ1v) is 19.2. The lowest BCUT2D eigenvalue weighted by molar-refractivity contribution is 0.668. The standard InChI is InChI=1S/C52H32N4O/c1-4-15-33(16-5-1)43-31-44(34-17-6-2-7-18-34)54-52(53-43)40-23-14-26-49-51(40)39-28-27-36(29-50(39)57-49)56-46-25-13-11-22-38(46)42-30-41-37-21-10-12-24-45(37)55(47(41)32-48(42)56)35-19-8-3-9-20-35/h1-32H. The summed E-state index contributed by atoms with van der Waals surface area (Å²) in [6.07, 6.45) is 0. The molecule has 0 aliphatic carbocycles. The predicted octanol–water partition coefficient (Wildman–Crippen LogP) is 13.6. The number of benzene rings is 8. The molecule has 0 amide bonds. The fraction of sp³-hybridized carbons (Fsp3) is 0. The largest absolute Gasteiger partial charge is 0.456 e. The maximum atomic E-state index is 6.72. The summed E-state index contributed by atoms with van der Waals surface area (Å²) in [7, 11) is 0. The Bertz CT molecular complexity index is 3450. The van der Waals surface area contributed by atoms with Gasteiger partial charge in [-0.25, -0.2) is 9.97 Å². The van der Waals surface area contributed by atoms with E-state index in [0.717, 1.165) is 72.4 Å². The van der Waals surface area contributed by atoms with E-state index in [0.29, 0.717) is 5.82 Å². The monoisotopic (exact) mass is 728 g/mol. The van der Waals surface area contributed by atoms with Crippen LogP contribution < -0.4 is 0 Å². The van der Waals surface area contributed by atoms with Crippen molar-refractivity contribution in [2.24, 2.45) is 0 Å². The lowest BCUT2D eigenvalue weighted by Crippen LogP contribution is -1.96. The van der Waals surface area contributed by atoms with Crippen LogP contribution in [0, 0.1) is 0 Å². The Balaban J connectivity index is 1.08. The molecule has 0 spiro atoms. The summed E-state index contributed by atoms with van der Waals surface area (Å²) in [5.41, 5.74) is 13.2. The number of para-hydroxylation sites is 3. The Hall–Kier alpha value is -7.76. The van der Waals surface area contributed by atoms with Crippen molar-refractivity contribution >= 4 is 65.6 Å². The number of nitrogens with zero attached hydrogens (tertiary/aromatic N) is 4. The molecule has 0 saturated carbocycles. The molecule has 5 nitrogen and oxygen atoms in total. The van der Waals surface area contributed by atoms with Crippen molar-refractivity contribution in [3.63, 3.8) is 0 Å². The summed E-state index contributed by atoms with van der Waals surface area (Å²) < 4.78 is 11.5. The van der Waals surface area contributed by atoms with Gasteiger partial charge in [0, 0.05) is 66.4 Å². The number of aromatic nitrogens is 4. The van der Waals surface area contributed by atoms with Crippen LogP contribution in [0.25, 0.3) is 111 Å². The summed E-state index contributed by atoms with van der Waals surface area (Å²) in [6, 6.07) is 68.2. The van der Waals surface area contributed by atoms with Gasteiger partial charge in [-0.2, -0.15) is 0 Å². The van der Waals surface area contributed by atoms with Gasteiger partial charge < -0.3 is 13.6 Å². The normalized spacial score (nSPS) is 11.9. The van der Waals surface area contributed by atoms with E-state index in [1.807, 2.05) is 48.5 Å². The third-order valence-electron chi connectivity index (χ3n) is 11.3. The molecule has 0 atom stereocenters. The molecule has 0 aliphatic heterocycles. The van der Waals surface area contributed by atoms with E-state index in [4.69, 9.17) is 14.4 Å². The maximum absolute atomic E-state index is 6.72. The third-order valence-corrected chi connectivity index (χ3v) is 11.3. The average molecular weight is 729 g/mol. The minimum absolute atomic E-state index is 0.660. The molecule has 8 aromatic carbocycles. The Kier molecular flexibility index (Phi) is 6.86. The van der Waals surface area contributed by atoms with Crippen molar-refractivity contribution < 1.29 is 4.42 Å². The average Bonchev–Trinajstić information content (AvgIpc) is 3.93. The summed E-state index contributed by atoms with van der Waals surface area (Å²) >= 11 is 0. The molecular weight excluding hydrogens is 697 g/mol. The molecule has 57 heavy (non-hydrogen) atoms. The van der Waals surface area contributed by atoms with Gasteiger partial charge in [0.25, 0.3) is 0 Å². The van der Waals surface area contributed by atoms with E-state index in [1.165, 1.54) is 32.6 Å². The molecule has 0 N–H and O–H groups in total. The van der Waals surface area contributed by atoms with E-state index in [1.54, 1.807) is 0 Å². The lowest BCUT2D eigenvalue weighted by Gasteiger charge is -2.11. The zero-order valence-electron chi connectivity index (χ0n) is 30.7. The smallest absolute Gasteiger partial charge is 0.161 e. The zero-order chi connectivity index (χ0) is 37.5. The molecule has 12 aromatic rings. The van der Waals surface area contributed by atoms with Gasteiger partial charge in [0.2, 0.25) is 0 Å². The van der Waals surface area contributed by atoms with Gasteiger partial charge in [0.1, 0.15) is 11.2 Å². The number of hydrogen-bond acceptors (Lipinski definition) is 3. The second kappa shape index (κ2) is 12.4. The molecule has 0 radical (unpaired) electrons. The Morgan fingerprint density at radius 2 is 0.912 bits per heavy atom. The van der Waals surface area contributed by atoms with E-state index in [9.17, 15) is 0 Å². The summed E-state index contributed by atoms with van der Waals surface area (Å²) in [4.78, 5) is 10.3. The first-order chi connectivity index (χ1) is 28.3. The second-order valence-corrected chi connectivity index (χ2v) is 14.6. The molecule has 0 aliphatic rings. The first kappa shape index (κ1) is 31.6. The summed E-state index contributed by atoms with van der Waals surface area (Å²) in [6.45, 7) is 0. The molecule has 0 bridgehead atoms. The highest BCUT2D eigenvalue weighted by molar-refractivity contribution is 6.19. The van der Waals surface area contributed by atoms with E-state index >= 15 is 0 Å². The highest BCUT2D eigenvalue weighted by atomic mass is 16.3. The van der Waals surface area contributed by atoms with Gasteiger partial charge in [-0.05, 0) is 60.7 Å². The van der Waals surface area contributed by atoms with Gasteiger partial charge in [-0.3, -0.25) is 0 Å². The van der Waals surface area contributed by atoms with Crippen LogP contribution in [0.15, 0.2) is 199 Å². The number of furan rings is 1. The third kappa shape index (κ3) is 4.89. The topological polar surface area (TPSA) is 48.8 Å². The van der Waals surface area contributed by atoms with Gasteiger partial charge in [0.05, 0.1) is 33.5 Å². The molecule has 0 unspecified atom stereocenters. The van der Waals surface area contributed by atoms with Crippen LogP contribution in [0.3, 0.4) is 0 Å². The minimum atomic E-state index is 0.660. The fourth-order valence-corrected chi connectivity index (χ4v) is 8.79. The van der Waals surface area contributed by atoms with E-state index in [-0.39, 0.29) is 0 Å². The van der Waals surface area contributed by atoms with Crippen LogP contribution in [0.4, 0.5) is 0 Å². The van der Waals surface area contributed by atoms with Gasteiger partial charge in [0.15, 0.2) is 5.82 Å². The predicted molar refractivity (Wildman–Crippen MR) is 234 cm³/mol. The van der Waals surface area contributed by atoms with Crippen molar-refractivity contribution in [1.29, 1.82) is 0 Å². The van der Waals surface area contributed by atoms with Crippen LogP contribution in [0.1, 0.15) is 0 Å². The summed E-state index contributed by atoms with van der Waals surface area (Å²) in [5, 5.41) is 6.92. The van der Waals surface area contributed by atoms with Crippen molar-refractivity contribution in [3.05, 3.63) is 194 Å². The molecule has 0 saturated heterocycles. The molecule has 4 aromatic heterocycles. The maximum Gasteiger partial charge on any atom is 0.161 e. The lowest BCUT2D eigenvalue weighted by atomic mass is 10.0. The van der Waals surface area contributed by atoms with Crippen LogP contribution in [0.2, 0.25) is 0 Å². The van der Waals surface area contributed by atoms with Gasteiger partial charge >= 0.3 is 0 Å². The van der Waals surface area contributed by atoms with E-state index < -0.39 is 0 Å². The number of fused-ring (bicyclic) bond motifs is 9. The Morgan fingerprint density at radius 1 is 0.351 bits per heavy atom. The number of rotatable bonds is 5. The first-order valence-electron chi connectivity index (χ1n) is 19.2. The Morgan fingerprint density at radius 3 is 1.54 bits per heavy atom. The Labute approximate surface area is 327 Å². The zero-order valence-corrected chi connectivity index (χ0v) is 30.7. The summed E-state index contributed by atoms with van der Waals surface area (Å²) in [5.74, 6) is 0.660. The van der Waals surface area contributed by atoms with Crippen molar-refractivity contribution in [2.45, 2.75) is 0 Å². The highest BCUT2D eigenvalue weighted by Gasteiger charge is 2.21. The van der Waals surface area contributed by atoms with Gasteiger partial charge in [-0.15, -0.1) is 0 Å². The number of hydrogen-bond donors (Lipinski definition) is 0. The van der Waals surface area contributed by atoms with Crippen LogP contribution >= 0.6 is 0 Å². The van der Waals surface area contributed by atoms with E-state index in [2.05, 4.69) is 155 Å². The quantitative estimate of drug-likeness (QED) is 0.177. The second-order valence-electron chi connectivity index (χ2n) is 14.6. The minimum Gasteiger partial charge on any atom is -0.456 e. The molecule has 266 valence electrons. The highest BCUT2D eigenvalue weighted by Crippen LogP contribution is 2.42. The van der Waals surface area contributed by atoms with Crippen molar-refractivity contribution in [3.8, 4) is 45.3 Å². The molecule has 4 heterocycles. The van der Waals surface area contributed by atoms with Crippen molar-refractivity contribution in [1.82, 2.24) is 19.1 Å². The molecule has 0 fully saturated rings. The molecule has 5 heteroatoms. The van der Waals surface area contributed by atoms with Crippen LogP contribution in [0.5, 0.6) is 0 Å². The molecule has 12 rings (SSSR count). The van der Waals surface area contributed by atoms with Crippen LogP contribution in [-0.4, -0.2) is 19.1 Å². The van der Waals surface area contributed by atoms with Crippen LogP contribution in [-0.2, 0) is 0 Å². The van der Waals surface area contributed by atoms with Gasteiger partial charge in [-0.1, -0.05) is 127 Å². The fourth-order valence-electron chi connectivity index (χ4n) is 8.79.